The standard InChI is InChI=1S/C8H21N2O.ClH/c1-8(11)7-10(2,3)6-4-5-9;/h8,11H,4-7,9H2,1-3H3;1H/q+1;/p-1. The summed E-state index contributed by atoms with van der Waals surface area (Å²) in [5.41, 5.74) is 5.39. The van der Waals surface area contributed by atoms with Crippen molar-refractivity contribution in [2.24, 2.45) is 5.73 Å². The molecule has 3 N–H and O–H groups in total. The van der Waals surface area contributed by atoms with Crippen molar-refractivity contribution in [3.05, 3.63) is 0 Å². The van der Waals surface area contributed by atoms with Crippen molar-refractivity contribution >= 4 is 0 Å². The van der Waals surface area contributed by atoms with Crippen LogP contribution in [0.25, 0.3) is 0 Å². The van der Waals surface area contributed by atoms with E-state index in [1.807, 2.05) is 6.92 Å². The number of nitrogens with zero attached hydrogens (tertiary/aromatic N) is 1. The molecular weight excluding hydrogens is 176 g/mol. The molecule has 0 aliphatic heterocycles. The zero-order valence-electron chi connectivity index (χ0n) is 8.26. The lowest BCUT2D eigenvalue weighted by Crippen LogP contribution is -3.00. The largest absolute Gasteiger partial charge is 1.00 e. The van der Waals surface area contributed by atoms with E-state index >= 15 is 0 Å². The molecule has 0 fully saturated rings. The van der Waals surface area contributed by atoms with E-state index in [2.05, 4.69) is 14.1 Å². The number of aliphatic hydroxyl groups is 1. The Labute approximate surface area is 81.6 Å². The number of hydrogen-bond acceptors (Lipinski definition) is 2. The highest BCUT2D eigenvalue weighted by Gasteiger charge is 2.16. The lowest BCUT2D eigenvalue weighted by Gasteiger charge is -2.30. The normalized spacial score (nSPS) is 13.8. The Kier molecular flexibility index (Phi) is 8.15. The second kappa shape index (κ2) is 6.66. The van der Waals surface area contributed by atoms with Gasteiger partial charge in [-0.25, -0.2) is 0 Å². The third kappa shape index (κ3) is 8.27. The van der Waals surface area contributed by atoms with Gasteiger partial charge < -0.3 is 27.7 Å². The van der Waals surface area contributed by atoms with Crippen LogP contribution in [0.4, 0.5) is 0 Å². The van der Waals surface area contributed by atoms with Gasteiger partial charge in [0.2, 0.25) is 0 Å². The topological polar surface area (TPSA) is 46.2 Å². The van der Waals surface area contributed by atoms with Crippen LogP contribution in [-0.2, 0) is 0 Å². The Hall–Kier alpha value is 0.170. The van der Waals surface area contributed by atoms with Gasteiger partial charge in [-0.2, -0.15) is 0 Å². The maximum Gasteiger partial charge on any atom is 0.104 e. The van der Waals surface area contributed by atoms with E-state index in [4.69, 9.17) is 10.8 Å². The first-order valence-corrected chi connectivity index (χ1v) is 4.18. The minimum atomic E-state index is -0.220. The monoisotopic (exact) mass is 196 g/mol. The number of halogens is 1. The van der Waals surface area contributed by atoms with Crippen LogP contribution < -0.4 is 18.1 Å². The van der Waals surface area contributed by atoms with Gasteiger partial charge in [-0.1, -0.05) is 0 Å². The molecule has 12 heavy (non-hydrogen) atoms. The zero-order valence-corrected chi connectivity index (χ0v) is 9.01. The van der Waals surface area contributed by atoms with E-state index in [1.165, 1.54) is 0 Å². The fraction of sp³-hybridized carbons (Fsp3) is 1.00. The van der Waals surface area contributed by atoms with Gasteiger partial charge in [-0.3, -0.25) is 0 Å². The number of quaternary nitrogens is 1. The summed E-state index contributed by atoms with van der Waals surface area (Å²) < 4.78 is 0.856. The Morgan fingerprint density at radius 2 is 1.92 bits per heavy atom. The maximum atomic E-state index is 9.14. The highest BCUT2D eigenvalue weighted by Crippen LogP contribution is 2.00. The van der Waals surface area contributed by atoms with Gasteiger partial charge in [0.05, 0.1) is 20.6 Å². The Morgan fingerprint density at radius 3 is 2.25 bits per heavy atom. The lowest BCUT2D eigenvalue weighted by atomic mass is 10.3. The molecule has 0 aliphatic rings. The second-order valence-electron chi connectivity index (χ2n) is 3.83. The van der Waals surface area contributed by atoms with Crippen molar-refractivity contribution in [3.8, 4) is 0 Å². The average molecular weight is 197 g/mol. The van der Waals surface area contributed by atoms with E-state index in [0.29, 0.717) is 0 Å². The fourth-order valence-electron chi connectivity index (χ4n) is 1.33. The summed E-state index contributed by atoms with van der Waals surface area (Å²) in [6.45, 7) is 4.41. The summed E-state index contributed by atoms with van der Waals surface area (Å²) >= 11 is 0. The fourth-order valence-corrected chi connectivity index (χ4v) is 1.33. The molecule has 0 saturated carbocycles. The van der Waals surface area contributed by atoms with Gasteiger partial charge in [0.15, 0.2) is 0 Å². The Bertz CT molecular complexity index is 107. The van der Waals surface area contributed by atoms with Gasteiger partial charge in [0.1, 0.15) is 12.6 Å². The van der Waals surface area contributed by atoms with Crippen LogP contribution in [0.1, 0.15) is 13.3 Å². The molecule has 1 atom stereocenters. The van der Waals surface area contributed by atoms with Crippen LogP contribution in [0.5, 0.6) is 0 Å². The molecule has 0 heterocycles. The van der Waals surface area contributed by atoms with Crippen molar-refractivity contribution in [2.45, 2.75) is 19.4 Å². The van der Waals surface area contributed by atoms with Crippen LogP contribution in [0.2, 0.25) is 0 Å². The molecule has 0 spiro atoms. The van der Waals surface area contributed by atoms with Crippen LogP contribution in [0.15, 0.2) is 0 Å². The number of rotatable bonds is 5. The molecule has 0 radical (unpaired) electrons. The first kappa shape index (κ1) is 14.7. The predicted molar refractivity (Wildman–Crippen MR) is 47.2 cm³/mol. The average Bonchev–Trinajstić information content (AvgIpc) is 1.81. The van der Waals surface area contributed by atoms with Crippen LogP contribution >= 0.6 is 0 Å². The summed E-state index contributed by atoms with van der Waals surface area (Å²) in [4.78, 5) is 0. The highest BCUT2D eigenvalue weighted by molar-refractivity contribution is 4.44. The summed E-state index contributed by atoms with van der Waals surface area (Å²) in [5, 5.41) is 9.14. The van der Waals surface area contributed by atoms with E-state index < -0.39 is 0 Å². The number of likely N-dealkylation sites (N-methyl/N-ethyl adjacent to an activating group) is 1. The molecule has 0 saturated heterocycles. The molecule has 0 rings (SSSR count). The first-order valence-electron chi connectivity index (χ1n) is 4.18. The molecule has 76 valence electrons. The van der Waals surface area contributed by atoms with Crippen molar-refractivity contribution in [1.29, 1.82) is 0 Å². The molecule has 0 bridgehead atoms. The van der Waals surface area contributed by atoms with Crippen molar-refractivity contribution < 1.29 is 22.0 Å². The molecule has 4 heteroatoms. The summed E-state index contributed by atoms with van der Waals surface area (Å²) in [7, 11) is 4.23. The van der Waals surface area contributed by atoms with E-state index in [9.17, 15) is 0 Å². The molecular formula is C8H21ClN2O. The zero-order chi connectivity index (χ0) is 8.91. The van der Waals surface area contributed by atoms with Gasteiger partial charge in [-0.05, 0) is 13.5 Å². The molecule has 3 nitrogen and oxygen atoms in total. The van der Waals surface area contributed by atoms with Crippen LogP contribution in [-0.4, -0.2) is 49.4 Å². The molecule has 0 aromatic carbocycles. The van der Waals surface area contributed by atoms with Gasteiger partial charge in [-0.15, -0.1) is 0 Å². The van der Waals surface area contributed by atoms with E-state index in [0.717, 1.165) is 30.5 Å². The predicted octanol–water partition coefficient (Wildman–Crippen LogP) is -3.20. The maximum absolute atomic E-state index is 9.14. The van der Waals surface area contributed by atoms with Crippen LogP contribution in [0.3, 0.4) is 0 Å². The Morgan fingerprint density at radius 1 is 1.42 bits per heavy atom. The first-order chi connectivity index (χ1) is 4.98. The smallest absolute Gasteiger partial charge is 0.104 e. The minimum Gasteiger partial charge on any atom is -1.00 e. The van der Waals surface area contributed by atoms with Crippen LogP contribution in [0, 0.1) is 0 Å². The van der Waals surface area contributed by atoms with E-state index in [1.54, 1.807) is 0 Å². The second-order valence-corrected chi connectivity index (χ2v) is 3.83. The Balaban J connectivity index is 0. The quantitative estimate of drug-likeness (QED) is 0.455. The summed E-state index contributed by atoms with van der Waals surface area (Å²) in [5.74, 6) is 0. The summed E-state index contributed by atoms with van der Waals surface area (Å²) in [6.07, 6.45) is 0.808. The van der Waals surface area contributed by atoms with Crippen molar-refractivity contribution in [1.82, 2.24) is 0 Å². The van der Waals surface area contributed by atoms with Crippen molar-refractivity contribution in [3.63, 3.8) is 0 Å². The highest BCUT2D eigenvalue weighted by atomic mass is 35.5. The molecule has 0 amide bonds. The van der Waals surface area contributed by atoms with Crippen molar-refractivity contribution in [2.75, 3.05) is 33.7 Å². The third-order valence-corrected chi connectivity index (χ3v) is 1.73. The summed E-state index contributed by atoms with van der Waals surface area (Å²) in [6, 6.07) is 0. The minimum absolute atomic E-state index is 0. The molecule has 0 aromatic rings. The molecule has 0 aliphatic carbocycles. The SMILES string of the molecule is CC(O)C[N+](C)(C)CCCN.[Cl-]. The van der Waals surface area contributed by atoms with Gasteiger partial charge in [0, 0.05) is 6.42 Å². The number of hydrogen-bond donors (Lipinski definition) is 2. The van der Waals surface area contributed by atoms with Gasteiger partial charge >= 0.3 is 0 Å². The number of aliphatic hydroxyl groups excluding tert-OH is 1. The molecule has 0 aromatic heterocycles. The van der Waals surface area contributed by atoms with Gasteiger partial charge in [0.25, 0.3) is 0 Å². The number of nitrogens with two attached hydrogens (primary N) is 1. The third-order valence-electron chi connectivity index (χ3n) is 1.73. The molecule has 1 unspecified atom stereocenters. The van der Waals surface area contributed by atoms with E-state index in [-0.39, 0.29) is 18.5 Å². The lowest BCUT2D eigenvalue weighted by molar-refractivity contribution is -0.893.